The van der Waals surface area contributed by atoms with Crippen LogP contribution in [-0.4, -0.2) is 40.6 Å². The summed E-state index contributed by atoms with van der Waals surface area (Å²) in [5, 5.41) is 8.66. The molecule has 0 aliphatic carbocycles. The van der Waals surface area contributed by atoms with Crippen LogP contribution >= 0.6 is 0 Å². The molecule has 0 amide bonds. The predicted molar refractivity (Wildman–Crippen MR) is 51.3 cm³/mol. The van der Waals surface area contributed by atoms with Crippen LogP contribution in [0, 0.1) is 0 Å². The highest BCUT2D eigenvalue weighted by Crippen LogP contribution is 2.06. The molecule has 1 fully saturated rings. The Kier molecular flexibility index (Phi) is 2.45. The summed E-state index contributed by atoms with van der Waals surface area (Å²) < 4.78 is 0. The van der Waals surface area contributed by atoms with E-state index in [1.54, 1.807) is 12.1 Å². The Balaban J connectivity index is 1.94. The summed E-state index contributed by atoms with van der Waals surface area (Å²) in [6.45, 7) is 3.40. The van der Waals surface area contributed by atoms with Gasteiger partial charge in [-0.3, -0.25) is 4.98 Å². The summed E-state index contributed by atoms with van der Waals surface area (Å²) in [6.07, 6.45) is 2.32. The molecule has 2 heterocycles. The number of hydrogen-bond acceptors (Lipinski definition) is 3. The van der Waals surface area contributed by atoms with Crippen LogP contribution in [-0.2, 0) is 6.42 Å². The van der Waals surface area contributed by atoms with Gasteiger partial charge in [0.05, 0.1) is 5.56 Å². The lowest BCUT2D eigenvalue weighted by molar-refractivity contribution is 0.0696. The summed E-state index contributed by atoms with van der Waals surface area (Å²) in [5.74, 6) is -0.921. The number of carboxylic acids is 1. The SMILES string of the molecule is O=C(O)c1ccc(CCN2CC2)nc1. The summed E-state index contributed by atoms with van der Waals surface area (Å²) in [6, 6.07) is 3.39. The fourth-order valence-corrected chi connectivity index (χ4v) is 1.27. The number of rotatable bonds is 4. The normalized spacial score (nSPS) is 15.4. The van der Waals surface area contributed by atoms with Crippen molar-refractivity contribution in [2.75, 3.05) is 19.6 Å². The highest BCUT2D eigenvalue weighted by molar-refractivity contribution is 5.87. The first-order valence-electron chi connectivity index (χ1n) is 4.66. The van der Waals surface area contributed by atoms with Crippen molar-refractivity contribution in [3.05, 3.63) is 29.6 Å². The van der Waals surface area contributed by atoms with Crippen LogP contribution in [0.4, 0.5) is 0 Å². The van der Waals surface area contributed by atoms with Crippen LogP contribution < -0.4 is 0 Å². The van der Waals surface area contributed by atoms with Crippen molar-refractivity contribution >= 4 is 5.97 Å². The van der Waals surface area contributed by atoms with Crippen LogP contribution in [0.1, 0.15) is 16.1 Å². The van der Waals surface area contributed by atoms with E-state index in [1.807, 2.05) is 0 Å². The second-order valence-electron chi connectivity index (χ2n) is 3.44. The summed E-state index contributed by atoms with van der Waals surface area (Å²) in [5.41, 5.74) is 1.21. The van der Waals surface area contributed by atoms with E-state index in [4.69, 9.17) is 5.11 Å². The van der Waals surface area contributed by atoms with Gasteiger partial charge >= 0.3 is 5.97 Å². The van der Waals surface area contributed by atoms with Gasteiger partial charge < -0.3 is 10.0 Å². The largest absolute Gasteiger partial charge is 0.478 e. The number of aromatic carboxylic acids is 1. The van der Waals surface area contributed by atoms with Gasteiger partial charge in [-0.1, -0.05) is 0 Å². The summed E-state index contributed by atoms with van der Waals surface area (Å²) >= 11 is 0. The first-order chi connectivity index (χ1) is 6.75. The number of carboxylic acid groups (broad SMARTS) is 1. The third kappa shape index (κ3) is 2.29. The second-order valence-corrected chi connectivity index (χ2v) is 3.44. The molecule has 0 bridgehead atoms. The van der Waals surface area contributed by atoms with Gasteiger partial charge in [0.25, 0.3) is 0 Å². The van der Waals surface area contributed by atoms with Crippen LogP contribution in [0.3, 0.4) is 0 Å². The third-order valence-corrected chi connectivity index (χ3v) is 2.30. The van der Waals surface area contributed by atoms with Gasteiger partial charge in [0.15, 0.2) is 0 Å². The van der Waals surface area contributed by atoms with Crippen molar-refractivity contribution in [1.29, 1.82) is 0 Å². The highest BCUT2D eigenvalue weighted by Gasteiger charge is 2.16. The zero-order valence-corrected chi connectivity index (χ0v) is 7.81. The van der Waals surface area contributed by atoms with Crippen molar-refractivity contribution in [3.8, 4) is 0 Å². The lowest BCUT2D eigenvalue weighted by Crippen LogP contribution is -2.05. The topological polar surface area (TPSA) is 53.2 Å². The van der Waals surface area contributed by atoms with Crippen molar-refractivity contribution in [2.45, 2.75) is 6.42 Å². The van der Waals surface area contributed by atoms with Crippen molar-refractivity contribution in [2.24, 2.45) is 0 Å². The Bertz CT molecular complexity index is 330. The van der Waals surface area contributed by atoms with E-state index in [0.717, 1.165) is 18.7 Å². The molecule has 1 N–H and O–H groups in total. The van der Waals surface area contributed by atoms with Crippen molar-refractivity contribution in [1.82, 2.24) is 9.88 Å². The van der Waals surface area contributed by atoms with Crippen LogP contribution in [0.15, 0.2) is 18.3 Å². The molecule has 14 heavy (non-hydrogen) atoms. The molecule has 0 spiro atoms. The Hall–Kier alpha value is -1.42. The molecule has 74 valence electrons. The summed E-state index contributed by atoms with van der Waals surface area (Å²) in [4.78, 5) is 16.9. The number of nitrogens with zero attached hydrogens (tertiary/aromatic N) is 2. The third-order valence-electron chi connectivity index (χ3n) is 2.30. The molecule has 0 atom stereocenters. The molecular weight excluding hydrogens is 180 g/mol. The second kappa shape index (κ2) is 3.75. The standard InChI is InChI=1S/C10H12N2O2/c13-10(14)8-1-2-9(11-7-8)3-4-12-5-6-12/h1-2,7H,3-6H2,(H,13,14). The van der Waals surface area contributed by atoms with Gasteiger partial charge in [-0.25, -0.2) is 4.79 Å². The highest BCUT2D eigenvalue weighted by atomic mass is 16.4. The lowest BCUT2D eigenvalue weighted by Gasteiger charge is -2.01. The fourth-order valence-electron chi connectivity index (χ4n) is 1.27. The maximum atomic E-state index is 10.5. The molecule has 1 aromatic heterocycles. The maximum Gasteiger partial charge on any atom is 0.337 e. The molecule has 0 saturated carbocycles. The molecule has 1 aromatic rings. The summed E-state index contributed by atoms with van der Waals surface area (Å²) in [7, 11) is 0. The van der Waals surface area contributed by atoms with E-state index in [9.17, 15) is 4.79 Å². The molecule has 0 aromatic carbocycles. The minimum Gasteiger partial charge on any atom is -0.478 e. The molecule has 4 nitrogen and oxygen atoms in total. The van der Waals surface area contributed by atoms with E-state index in [2.05, 4.69) is 9.88 Å². The van der Waals surface area contributed by atoms with Gasteiger partial charge in [-0.15, -0.1) is 0 Å². The fraction of sp³-hybridized carbons (Fsp3) is 0.400. The monoisotopic (exact) mass is 192 g/mol. The molecule has 1 aliphatic heterocycles. The number of carbonyl (C=O) groups is 1. The van der Waals surface area contributed by atoms with Crippen molar-refractivity contribution in [3.63, 3.8) is 0 Å². The van der Waals surface area contributed by atoms with Crippen LogP contribution in [0.2, 0.25) is 0 Å². The molecular formula is C10H12N2O2. The number of aromatic nitrogens is 1. The zero-order chi connectivity index (χ0) is 9.97. The molecule has 0 unspecified atom stereocenters. The average Bonchev–Trinajstić information content (AvgIpc) is 2.99. The van der Waals surface area contributed by atoms with E-state index in [0.29, 0.717) is 0 Å². The Morgan fingerprint density at radius 3 is 2.79 bits per heavy atom. The minimum atomic E-state index is -0.921. The Labute approximate surface area is 82.2 Å². The number of pyridine rings is 1. The van der Waals surface area contributed by atoms with E-state index in [-0.39, 0.29) is 5.56 Å². The van der Waals surface area contributed by atoms with Crippen LogP contribution in [0.25, 0.3) is 0 Å². The van der Waals surface area contributed by atoms with E-state index < -0.39 is 5.97 Å². The quantitative estimate of drug-likeness (QED) is 0.711. The first-order valence-corrected chi connectivity index (χ1v) is 4.66. The van der Waals surface area contributed by atoms with Gasteiger partial charge in [-0.2, -0.15) is 0 Å². The Morgan fingerprint density at radius 1 is 1.50 bits per heavy atom. The van der Waals surface area contributed by atoms with Crippen LogP contribution in [0.5, 0.6) is 0 Å². The lowest BCUT2D eigenvalue weighted by atomic mass is 10.2. The molecule has 2 rings (SSSR count). The maximum absolute atomic E-state index is 10.5. The first kappa shape index (κ1) is 9.15. The Morgan fingerprint density at radius 2 is 2.29 bits per heavy atom. The van der Waals surface area contributed by atoms with Gasteiger partial charge in [-0.05, 0) is 12.1 Å². The van der Waals surface area contributed by atoms with Crippen molar-refractivity contribution < 1.29 is 9.90 Å². The smallest absolute Gasteiger partial charge is 0.337 e. The van der Waals surface area contributed by atoms with Gasteiger partial charge in [0.2, 0.25) is 0 Å². The predicted octanol–water partition coefficient (Wildman–Crippen LogP) is 0.638. The average molecular weight is 192 g/mol. The molecule has 0 radical (unpaired) electrons. The molecule has 4 heteroatoms. The van der Waals surface area contributed by atoms with E-state index in [1.165, 1.54) is 19.3 Å². The van der Waals surface area contributed by atoms with E-state index >= 15 is 0 Å². The minimum absolute atomic E-state index is 0.250. The van der Waals surface area contributed by atoms with Gasteiger partial charge in [0.1, 0.15) is 0 Å². The molecule has 1 aliphatic rings. The van der Waals surface area contributed by atoms with Gasteiger partial charge in [0, 0.05) is 37.9 Å². The number of hydrogen-bond donors (Lipinski definition) is 1. The molecule has 1 saturated heterocycles. The zero-order valence-electron chi connectivity index (χ0n) is 7.81.